The minimum Gasteiger partial charge on any atom is -0.330 e. The largest absolute Gasteiger partial charge is 0.330 e. The molecule has 0 aliphatic heterocycles. The Balaban J connectivity index is 0.00000324. The zero-order valence-corrected chi connectivity index (χ0v) is 13.8. The van der Waals surface area contributed by atoms with Crippen molar-refractivity contribution in [2.24, 2.45) is 10.8 Å². The maximum Gasteiger partial charge on any atom is 0.146 e. The quantitative estimate of drug-likeness (QED) is 0.418. The molecular formula is C16H25O2V-. The number of carbonyl (C=O) groups excluding carboxylic acids is 2. The predicted octanol–water partition coefficient (Wildman–Crippen LogP) is 3.90. The van der Waals surface area contributed by atoms with Crippen molar-refractivity contribution in [3.05, 3.63) is 19.1 Å². The van der Waals surface area contributed by atoms with Crippen LogP contribution in [0.3, 0.4) is 0 Å². The third kappa shape index (κ3) is 4.93. The van der Waals surface area contributed by atoms with E-state index in [0.717, 1.165) is 32.1 Å². The molecule has 0 bridgehead atoms. The minimum absolute atomic E-state index is 0. The summed E-state index contributed by atoms with van der Waals surface area (Å²) in [4.78, 5) is 24.5. The Labute approximate surface area is 129 Å². The number of hydrogen-bond donors (Lipinski definition) is 0. The topological polar surface area (TPSA) is 34.1 Å². The van der Waals surface area contributed by atoms with Crippen molar-refractivity contribution >= 4 is 11.6 Å². The van der Waals surface area contributed by atoms with Gasteiger partial charge in [0.15, 0.2) is 0 Å². The molecule has 0 aromatic carbocycles. The average molecular weight is 300 g/mol. The fraction of sp³-hybridized carbons (Fsp3) is 0.688. The van der Waals surface area contributed by atoms with Crippen LogP contribution in [0.25, 0.3) is 0 Å². The van der Waals surface area contributed by atoms with Gasteiger partial charge < -0.3 is 11.7 Å². The number of rotatable bonds is 1. The van der Waals surface area contributed by atoms with Gasteiger partial charge in [-0.3, -0.25) is 4.79 Å². The van der Waals surface area contributed by atoms with E-state index in [1.54, 1.807) is 0 Å². The van der Waals surface area contributed by atoms with Gasteiger partial charge in [-0.1, -0.05) is 44.8 Å². The van der Waals surface area contributed by atoms with E-state index in [4.69, 9.17) is 0 Å². The molecule has 1 rings (SSSR count). The second-order valence-corrected chi connectivity index (χ2v) is 6.05. The van der Waals surface area contributed by atoms with Gasteiger partial charge in [-0.15, -0.1) is 0 Å². The van der Waals surface area contributed by atoms with E-state index in [0.29, 0.717) is 0 Å². The van der Waals surface area contributed by atoms with Crippen molar-refractivity contribution in [2.75, 3.05) is 0 Å². The molecule has 1 aliphatic rings. The zero-order valence-electron chi connectivity index (χ0n) is 12.4. The Hall–Kier alpha value is -0.336. The Morgan fingerprint density at radius 3 is 2.16 bits per heavy atom. The van der Waals surface area contributed by atoms with E-state index in [1.165, 1.54) is 0 Å². The number of ketones is 2. The van der Waals surface area contributed by atoms with Crippen molar-refractivity contribution in [3.63, 3.8) is 0 Å². The summed E-state index contributed by atoms with van der Waals surface area (Å²) >= 11 is 0. The smallest absolute Gasteiger partial charge is 0.146 e. The van der Waals surface area contributed by atoms with Crippen LogP contribution in [0, 0.1) is 17.8 Å². The summed E-state index contributed by atoms with van der Waals surface area (Å²) < 4.78 is 0. The van der Waals surface area contributed by atoms with E-state index >= 15 is 0 Å². The van der Waals surface area contributed by atoms with E-state index in [9.17, 15) is 9.59 Å². The van der Waals surface area contributed by atoms with Gasteiger partial charge in [0.05, 0.1) is 6.42 Å². The van der Waals surface area contributed by atoms with Gasteiger partial charge in [0.2, 0.25) is 0 Å². The summed E-state index contributed by atoms with van der Waals surface area (Å²) in [6.45, 7) is 9.84. The molecule has 0 aromatic rings. The minimum atomic E-state index is -0.626. The number of carbonyl (C=O) groups is 2. The standard InChI is InChI=1S/C16H25O2.V/c1-5-16(4)11-9-7-6-8-10-15(2,3)13(17)12-14(16)18;/h6-7H,2,5,8-12H2,1,3-4H3;/q-1;/b7-6-;. The Kier molecular flexibility index (Phi) is 7.32. The van der Waals surface area contributed by atoms with Gasteiger partial charge in [0.1, 0.15) is 11.6 Å². The molecular weight excluding hydrogens is 275 g/mol. The van der Waals surface area contributed by atoms with Crippen LogP contribution in [0.15, 0.2) is 12.2 Å². The van der Waals surface area contributed by atoms with Crippen molar-refractivity contribution < 1.29 is 28.1 Å². The maximum absolute atomic E-state index is 12.3. The summed E-state index contributed by atoms with van der Waals surface area (Å²) in [6.07, 6.45) is 8.42. The van der Waals surface area contributed by atoms with Crippen molar-refractivity contribution in [2.45, 2.75) is 59.3 Å². The SMILES string of the molecule is [CH2-]C1(C)CC/C=C\CCC(C)(CC)C(=O)CC1=O.[V]. The molecule has 0 saturated carbocycles. The first-order valence-electron chi connectivity index (χ1n) is 6.89. The molecule has 1 aliphatic carbocycles. The monoisotopic (exact) mass is 300 g/mol. The molecule has 0 N–H and O–H groups in total. The van der Waals surface area contributed by atoms with E-state index in [1.807, 2.05) is 20.8 Å². The van der Waals surface area contributed by atoms with Crippen LogP contribution in [0.1, 0.15) is 59.3 Å². The molecule has 0 fully saturated rings. The molecule has 0 spiro atoms. The second kappa shape index (κ2) is 7.45. The van der Waals surface area contributed by atoms with Crippen LogP contribution >= 0.6 is 0 Å². The molecule has 2 atom stereocenters. The number of Topliss-reactive ketones (excluding diaryl/α,β-unsaturated/α-hetero) is 2. The van der Waals surface area contributed by atoms with Gasteiger partial charge >= 0.3 is 0 Å². The van der Waals surface area contributed by atoms with Crippen LogP contribution in [-0.4, -0.2) is 11.6 Å². The molecule has 0 aromatic heterocycles. The molecule has 0 amide bonds. The summed E-state index contributed by atoms with van der Waals surface area (Å²) in [7, 11) is 0. The number of allylic oxidation sites excluding steroid dienone is 2. The first kappa shape index (κ1) is 18.7. The van der Waals surface area contributed by atoms with Crippen molar-refractivity contribution in [1.82, 2.24) is 0 Å². The van der Waals surface area contributed by atoms with Crippen LogP contribution in [0.2, 0.25) is 0 Å². The van der Waals surface area contributed by atoms with E-state index < -0.39 is 5.41 Å². The molecule has 107 valence electrons. The summed E-state index contributed by atoms with van der Waals surface area (Å²) in [5.41, 5.74) is -0.987. The molecule has 19 heavy (non-hydrogen) atoms. The molecule has 1 radical (unpaired) electrons. The number of hydrogen-bond acceptors (Lipinski definition) is 2. The molecule has 0 heterocycles. The van der Waals surface area contributed by atoms with Crippen LogP contribution in [0.4, 0.5) is 0 Å². The first-order chi connectivity index (χ1) is 8.32. The first-order valence-corrected chi connectivity index (χ1v) is 6.89. The Morgan fingerprint density at radius 2 is 1.63 bits per heavy atom. The van der Waals surface area contributed by atoms with Gasteiger partial charge in [-0.25, -0.2) is 0 Å². The van der Waals surface area contributed by atoms with E-state index in [2.05, 4.69) is 19.1 Å². The maximum atomic E-state index is 12.3. The van der Waals surface area contributed by atoms with Crippen LogP contribution in [-0.2, 0) is 28.1 Å². The van der Waals surface area contributed by atoms with Crippen LogP contribution < -0.4 is 0 Å². The third-order valence-corrected chi connectivity index (χ3v) is 4.34. The third-order valence-electron chi connectivity index (χ3n) is 4.34. The van der Waals surface area contributed by atoms with Crippen molar-refractivity contribution in [3.8, 4) is 0 Å². The second-order valence-electron chi connectivity index (χ2n) is 6.05. The van der Waals surface area contributed by atoms with Crippen molar-refractivity contribution in [1.29, 1.82) is 0 Å². The fourth-order valence-corrected chi connectivity index (χ4v) is 2.26. The van der Waals surface area contributed by atoms with E-state index in [-0.39, 0.29) is 42.0 Å². The molecule has 2 unspecified atom stereocenters. The fourth-order valence-electron chi connectivity index (χ4n) is 2.26. The van der Waals surface area contributed by atoms with Gasteiger partial charge in [-0.2, -0.15) is 0 Å². The normalized spacial score (nSPS) is 35.2. The Morgan fingerprint density at radius 1 is 1.11 bits per heavy atom. The zero-order chi connectivity index (χ0) is 13.8. The summed E-state index contributed by atoms with van der Waals surface area (Å²) in [6, 6.07) is 0. The molecule has 0 saturated heterocycles. The van der Waals surface area contributed by atoms with Gasteiger partial charge in [-0.05, 0) is 25.7 Å². The molecule has 2 nitrogen and oxygen atoms in total. The molecule has 3 heteroatoms. The summed E-state index contributed by atoms with van der Waals surface area (Å²) in [5, 5.41) is 0. The summed E-state index contributed by atoms with van der Waals surface area (Å²) in [5.74, 6) is 0.0719. The van der Waals surface area contributed by atoms with Crippen LogP contribution in [0.5, 0.6) is 0 Å². The van der Waals surface area contributed by atoms with Gasteiger partial charge in [0, 0.05) is 24.0 Å². The predicted molar refractivity (Wildman–Crippen MR) is 74.1 cm³/mol. The Bertz CT molecular complexity index is 358. The van der Waals surface area contributed by atoms with Gasteiger partial charge in [0.25, 0.3) is 0 Å². The average Bonchev–Trinajstić information content (AvgIpc) is 2.33.